The SMILES string of the molecule is COc1cc(/C=C2/C(=O)N(c3ccccc3Cl)C(c3ccccc3)S2(=O)=O)cc(OC)c1OC. The minimum absolute atomic E-state index is 0.265. The third-order valence-electron chi connectivity index (χ3n) is 5.45. The van der Waals surface area contributed by atoms with E-state index in [2.05, 4.69) is 0 Å². The topological polar surface area (TPSA) is 82.1 Å². The van der Waals surface area contributed by atoms with Gasteiger partial charge in [-0.15, -0.1) is 0 Å². The first-order chi connectivity index (χ1) is 16.3. The van der Waals surface area contributed by atoms with E-state index in [1.807, 2.05) is 0 Å². The van der Waals surface area contributed by atoms with Crippen molar-refractivity contribution in [2.45, 2.75) is 5.37 Å². The Morgan fingerprint density at radius 2 is 1.47 bits per heavy atom. The van der Waals surface area contributed by atoms with E-state index < -0.39 is 21.1 Å². The van der Waals surface area contributed by atoms with Gasteiger partial charge in [-0.05, 0) is 41.5 Å². The van der Waals surface area contributed by atoms with Gasteiger partial charge in [0.15, 0.2) is 16.9 Å². The van der Waals surface area contributed by atoms with Crippen LogP contribution < -0.4 is 19.1 Å². The van der Waals surface area contributed by atoms with Crippen LogP contribution >= 0.6 is 11.6 Å². The molecule has 0 radical (unpaired) electrons. The molecule has 176 valence electrons. The highest BCUT2D eigenvalue weighted by molar-refractivity contribution is 7.97. The summed E-state index contributed by atoms with van der Waals surface area (Å²) in [7, 11) is 0.246. The lowest BCUT2D eigenvalue weighted by atomic mass is 10.1. The Hall–Kier alpha value is -3.49. The summed E-state index contributed by atoms with van der Waals surface area (Å²) in [5, 5.41) is -1.00. The van der Waals surface area contributed by atoms with Crippen LogP contribution in [0, 0.1) is 0 Å². The molecule has 0 bridgehead atoms. The molecule has 0 spiro atoms. The molecule has 0 saturated carbocycles. The molecule has 1 aliphatic heterocycles. The van der Waals surface area contributed by atoms with Crippen molar-refractivity contribution in [1.29, 1.82) is 0 Å². The normalized spacial score (nSPS) is 18.2. The smallest absolute Gasteiger partial charge is 0.271 e. The van der Waals surface area contributed by atoms with Crippen molar-refractivity contribution in [1.82, 2.24) is 0 Å². The summed E-state index contributed by atoms with van der Waals surface area (Å²) in [6.07, 6.45) is 1.31. The van der Waals surface area contributed by atoms with Crippen LogP contribution in [0.25, 0.3) is 6.08 Å². The van der Waals surface area contributed by atoms with E-state index in [1.165, 1.54) is 32.3 Å². The Kier molecular flexibility index (Phi) is 6.54. The second kappa shape index (κ2) is 9.40. The van der Waals surface area contributed by atoms with E-state index in [0.29, 0.717) is 34.1 Å². The predicted molar refractivity (Wildman–Crippen MR) is 131 cm³/mol. The van der Waals surface area contributed by atoms with Crippen LogP contribution in [0.1, 0.15) is 16.5 Å². The van der Waals surface area contributed by atoms with Gasteiger partial charge in [-0.2, -0.15) is 0 Å². The molecule has 1 saturated heterocycles. The molecule has 1 heterocycles. The van der Waals surface area contributed by atoms with Crippen molar-refractivity contribution in [3.8, 4) is 17.2 Å². The van der Waals surface area contributed by atoms with Crippen molar-refractivity contribution in [3.63, 3.8) is 0 Å². The molecule has 1 amide bonds. The second-order valence-corrected chi connectivity index (χ2v) is 9.79. The lowest BCUT2D eigenvalue weighted by molar-refractivity contribution is -0.114. The van der Waals surface area contributed by atoms with Crippen LogP contribution in [0.3, 0.4) is 0 Å². The zero-order chi connectivity index (χ0) is 24.5. The molecular formula is C25H22ClNO6S. The van der Waals surface area contributed by atoms with Crippen molar-refractivity contribution >= 4 is 39.1 Å². The van der Waals surface area contributed by atoms with Crippen LogP contribution in [0.2, 0.25) is 5.02 Å². The lowest BCUT2D eigenvalue weighted by Crippen LogP contribution is -2.29. The second-order valence-electron chi connectivity index (χ2n) is 7.40. The van der Waals surface area contributed by atoms with Gasteiger partial charge in [-0.1, -0.05) is 54.1 Å². The number of halogens is 1. The molecule has 0 aromatic heterocycles. The number of carbonyl (C=O) groups excluding carboxylic acids is 1. The van der Waals surface area contributed by atoms with E-state index in [9.17, 15) is 13.2 Å². The number of methoxy groups -OCH3 is 3. The van der Waals surface area contributed by atoms with Crippen molar-refractivity contribution < 1.29 is 27.4 Å². The van der Waals surface area contributed by atoms with E-state index >= 15 is 0 Å². The quantitative estimate of drug-likeness (QED) is 0.450. The first kappa shape index (κ1) is 23.7. The van der Waals surface area contributed by atoms with Crippen LogP contribution in [-0.4, -0.2) is 35.7 Å². The number of nitrogens with zero attached hydrogens (tertiary/aromatic N) is 1. The number of sulfone groups is 1. The van der Waals surface area contributed by atoms with Crippen LogP contribution in [-0.2, 0) is 14.6 Å². The number of para-hydroxylation sites is 1. The number of ether oxygens (including phenoxy) is 3. The largest absolute Gasteiger partial charge is 0.493 e. The average molecular weight is 500 g/mol. The van der Waals surface area contributed by atoms with E-state index in [0.717, 1.165) is 0 Å². The number of hydrogen-bond donors (Lipinski definition) is 0. The molecule has 9 heteroatoms. The Morgan fingerprint density at radius 1 is 0.882 bits per heavy atom. The molecule has 0 aliphatic carbocycles. The summed E-state index contributed by atoms with van der Waals surface area (Å²) >= 11 is 6.38. The lowest BCUT2D eigenvalue weighted by Gasteiger charge is -2.24. The molecule has 1 aliphatic rings. The van der Waals surface area contributed by atoms with Gasteiger partial charge in [0, 0.05) is 0 Å². The Balaban J connectivity index is 1.94. The van der Waals surface area contributed by atoms with Crippen LogP contribution in [0.15, 0.2) is 71.6 Å². The molecule has 1 fully saturated rings. The molecule has 3 aromatic rings. The molecule has 0 N–H and O–H groups in total. The maximum Gasteiger partial charge on any atom is 0.271 e. The highest BCUT2D eigenvalue weighted by atomic mass is 35.5. The fourth-order valence-corrected chi connectivity index (χ4v) is 6.03. The number of hydrogen-bond acceptors (Lipinski definition) is 6. The average Bonchev–Trinajstić information content (AvgIpc) is 3.04. The minimum Gasteiger partial charge on any atom is -0.493 e. The summed E-state index contributed by atoms with van der Waals surface area (Å²) in [6, 6.07) is 18.4. The summed E-state index contributed by atoms with van der Waals surface area (Å²) in [5.74, 6) is 0.335. The van der Waals surface area contributed by atoms with Crippen molar-refractivity contribution in [2.24, 2.45) is 0 Å². The number of rotatable bonds is 6. The fraction of sp³-hybridized carbons (Fsp3) is 0.160. The van der Waals surface area contributed by atoms with Gasteiger partial charge in [-0.3, -0.25) is 9.69 Å². The van der Waals surface area contributed by atoms with Gasteiger partial charge in [0.05, 0.1) is 32.0 Å². The number of carbonyl (C=O) groups is 1. The van der Waals surface area contributed by atoms with Gasteiger partial charge < -0.3 is 14.2 Å². The molecule has 3 aromatic carbocycles. The zero-order valence-electron chi connectivity index (χ0n) is 18.7. The predicted octanol–water partition coefficient (Wildman–Crippen LogP) is 4.87. The van der Waals surface area contributed by atoms with Crippen molar-refractivity contribution in [3.05, 3.63) is 87.8 Å². The van der Waals surface area contributed by atoms with Crippen LogP contribution in [0.5, 0.6) is 17.2 Å². The van der Waals surface area contributed by atoms with Gasteiger partial charge in [-0.25, -0.2) is 8.42 Å². The number of anilines is 1. The molecule has 4 rings (SSSR count). The third kappa shape index (κ3) is 3.99. The summed E-state index contributed by atoms with van der Waals surface area (Å²) in [6.45, 7) is 0. The summed E-state index contributed by atoms with van der Waals surface area (Å²) in [4.78, 5) is 14.5. The van der Waals surface area contributed by atoms with Gasteiger partial charge >= 0.3 is 0 Å². The molecule has 34 heavy (non-hydrogen) atoms. The van der Waals surface area contributed by atoms with E-state index in [1.54, 1.807) is 66.7 Å². The maximum atomic E-state index is 13.8. The Labute approximate surface area is 203 Å². The highest BCUT2D eigenvalue weighted by Crippen LogP contribution is 2.46. The Bertz CT molecular complexity index is 1350. The maximum absolute atomic E-state index is 13.8. The third-order valence-corrected chi connectivity index (χ3v) is 7.74. The molecular weight excluding hydrogens is 478 g/mol. The fourth-order valence-electron chi connectivity index (χ4n) is 3.91. The number of amides is 1. The molecule has 1 atom stereocenters. The van der Waals surface area contributed by atoms with Crippen LogP contribution in [0.4, 0.5) is 5.69 Å². The first-order valence-electron chi connectivity index (χ1n) is 10.2. The van der Waals surface area contributed by atoms with E-state index in [4.69, 9.17) is 25.8 Å². The molecule has 7 nitrogen and oxygen atoms in total. The Morgan fingerprint density at radius 3 is 2.03 bits per heavy atom. The molecule has 1 unspecified atom stereocenters. The van der Waals surface area contributed by atoms with Gasteiger partial charge in [0.2, 0.25) is 15.6 Å². The van der Waals surface area contributed by atoms with Crippen molar-refractivity contribution in [2.75, 3.05) is 26.2 Å². The zero-order valence-corrected chi connectivity index (χ0v) is 20.3. The number of benzene rings is 3. The minimum atomic E-state index is -4.13. The van der Waals surface area contributed by atoms with Gasteiger partial charge in [0.25, 0.3) is 5.91 Å². The van der Waals surface area contributed by atoms with E-state index in [-0.39, 0.29) is 9.93 Å². The monoisotopic (exact) mass is 499 g/mol. The summed E-state index contributed by atoms with van der Waals surface area (Å²) in [5.41, 5.74) is 1.15. The summed E-state index contributed by atoms with van der Waals surface area (Å²) < 4.78 is 43.6. The highest BCUT2D eigenvalue weighted by Gasteiger charge is 2.50. The first-order valence-corrected chi connectivity index (χ1v) is 12.1. The van der Waals surface area contributed by atoms with Gasteiger partial charge in [0.1, 0.15) is 4.91 Å². The standard InChI is InChI=1S/C25H22ClNO6S/c1-31-20-13-16(14-21(32-2)23(20)33-3)15-22-24(28)27(19-12-8-7-11-18(19)26)25(34(22,29)30)17-9-5-4-6-10-17/h4-15,25H,1-3H3/b22-15-.